The summed E-state index contributed by atoms with van der Waals surface area (Å²) in [6, 6.07) is 4.03. The van der Waals surface area contributed by atoms with Gasteiger partial charge in [0.25, 0.3) is 0 Å². The third-order valence-electron chi connectivity index (χ3n) is 3.62. The van der Waals surface area contributed by atoms with Crippen molar-refractivity contribution in [1.29, 1.82) is 0 Å². The maximum absolute atomic E-state index is 12.7. The van der Waals surface area contributed by atoms with Crippen molar-refractivity contribution in [3.63, 3.8) is 0 Å². The normalized spacial score (nSPS) is 23.2. The number of methoxy groups -OCH3 is 1. The van der Waals surface area contributed by atoms with Gasteiger partial charge in [-0.3, -0.25) is 4.79 Å². The van der Waals surface area contributed by atoms with E-state index in [0.29, 0.717) is 5.56 Å². The standard InChI is InChI=1S/C14H19NO5S/c1-9-4-5-13(10(2)6-9)21(18,19)15-8-11(16)7-12(15)14(17)20-3/h4-6,11-12,16H,7-8H2,1-3H3. The molecule has 0 amide bonds. The van der Waals surface area contributed by atoms with Crippen LogP contribution in [0.5, 0.6) is 0 Å². The second kappa shape index (κ2) is 5.75. The molecule has 1 aromatic carbocycles. The number of carbonyl (C=O) groups excluding carboxylic acids is 1. The first-order chi connectivity index (χ1) is 9.77. The first-order valence-electron chi connectivity index (χ1n) is 6.62. The minimum Gasteiger partial charge on any atom is -0.468 e. The molecule has 0 spiro atoms. The summed E-state index contributed by atoms with van der Waals surface area (Å²) in [5.41, 5.74) is 1.57. The molecule has 0 bridgehead atoms. The van der Waals surface area contributed by atoms with Crippen LogP contribution in [-0.2, 0) is 19.6 Å². The van der Waals surface area contributed by atoms with E-state index in [1.807, 2.05) is 6.92 Å². The fourth-order valence-electron chi connectivity index (χ4n) is 2.62. The quantitative estimate of drug-likeness (QED) is 0.826. The molecule has 0 saturated carbocycles. The smallest absolute Gasteiger partial charge is 0.324 e. The van der Waals surface area contributed by atoms with Gasteiger partial charge in [0.1, 0.15) is 6.04 Å². The Kier molecular flexibility index (Phi) is 4.36. The van der Waals surface area contributed by atoms with Crippen LogP contribution in [0.3, 0.4) is 0 Å². The minimum atomic E-state index is -3.85. The monoisotopic (exact) mass is 313 g/mol. The fraction of sp³-hybridized carbons (Fsp3) is 0.500. The van der Waals surface area contributed by atoms with Crippen molar-refractivity contribution < 1.29 is 23.1 Å². The maximum atomic E-state index is 12.7. The van der Waals surface area contributed by atoms with Crippen LogP contribution in [0.2, 0.25) is 0 Å². The summed E-state index contributed by atoms with van der Waals surface area (Å²) in [7, 11) is -2.65. The molecule has 1 N–H and O–H groups in total. The van der Waals surface area contributed by atoms with Crippen LogP contribution in [0.4, 0.5) is 0 Å². The number of rotatable bonds is 3. The molecule has 7 heteroatoms. The van der Waals surface area contributed by atoms with Gasteiger partial charge < -0.3 is 9.84 Å². The summed E-state index contributed by atoms with van der Waals surface area (Å²) >= 11 is 0. The molecule has 1 heterocycles. The molecule has 0 aliphatic carbocycles. The number of esters is 1. The van der Waals surface area contributed by atoms with Crippen LogP contribution >= 0.6 is 0 Å². The van der Waals surface area contributed by atoms with Crippen molar-refractivity contribution in [2.75, 3.05) is 13.7 Å². The highest BCUT2D eigenvalue weighted by Crippen LogP contribution is 2.29. The molecule has 116 valence electrons. The van der Waals surface area contributed by atoms with Crippen molar-refractivity contribution >= 4 is 16.0 Å². The summed E-state index contributed by atoms with van der Waals surface area (Å²) in [6.07, 6.45) is -0.814. The summed E-state index contributed by atoms with van der Waals surface area (Å²) in [4.78, 5) is 11.9. The summed E-state index contributed by atoms with van der Waals surface area (Å²) in [6.45, 7) is 3.48. The van der Waals surface area contributed by atoms with Gasteiger partial charge in [0.15, 0.2) is 0 Å². The van der Waals surface area contributed by atoms with E-state index in [2.05, 4.69) is 4.74 Å². The zero-order valence-electron chi connectivity index (χ0n) is 12.2. The number of carbonyl (C=O) groups is 1. The van der Waals surface area contributed by atoms with E-state index in [0.717, 1.165) is 9.87 Å². The molecular weight excluding hydrogens is 294 g/mol. The summed E-state index contributed by atoms with van der Waals surface area (Å²) < 4.78 is 31.2. The number of aryl methyl sites for hydroxylation is 2. The number of aliphatic hydroxyl groups is 1. The highest BCUT2D eigenvalue weighted by molar-refractivity contribution is 7.89. The van der Waals surface area contributed by atoms with E-state index >= 15 is 0 Å². The third kappa shape index (κ3) is 2.95. The predicted octanol–water partition coefficient (Wildman–Crippen LogP) is 0.600. The Morgan fingerprint density at radius 1 is 1.38 bits per heavy atom. The van der Waals surface area contributed by atoms with E-state index in [1.54, 1.807) is 19.1 Å². The lowest BCUT2D eigenvalue weighted by Crippen LogP contribution is -2.41. The van der Waals surface area contributed by atoms with Gasteiger partial charge in [-0.2, -0.15) is 4.31 Å². The first kappa shape index (κ1) is 15.9. The maximum Gasteiger partial charge on any atom is 0.324 e. The molecule has 2 atom stereocenters. The Bertz CT molecular complexity index is 655. The Hall–Kier alpha value is -1.44. The van der Waals surface area contributed by atoms with Crippen LogP contribution in [0.15, 0.2) is 23.1 Å². The van der Waals surface area contributed by atoms with Crippen LogP contribution < -0.4 is 0 Å². The van der Waals surface area contributed by atoms with Crippen molar-refractivity contribution in [3.8, 4) is 0 Å². The lowest BCUT2D eigenvalue weighted by atomic mass is 10.2. The topological polar surface area (TPSA) is 83.9 Å². The number of hydrogen-bond acceptors (Lipinski definition) is 5. The highest BCUT2D eigenvalue weighted by Gasteiger charge is 2.44. The molecule has 21 heavy (non-hydrogen) atoms. The molecule has 1 saturated heterocycles. The number of sulfonamides is 1. The molecule has 0 aromatic heterocycles. The Morgan fingerprint density at radius 3 is 2.62 bits per heavy atom. The lowest BCUT2D eigenvalue weighted by Gasteiger charge is -2.22. The number of β-amino-alcohol motifs (C(OH)–C–C–N with tert-alkyl or cyclic N) is 1. The van der Waals surface area contributed by atoms with E-state index in [9.17, 15) is 18.3 Å². The van der Waals surface area contributed by atoms with Crippen LogP contribution in [0.1, 0.15) is 17.5 Å². The number of hydrogen-bond donors (Lipinski definition) is 1. The Labute approximate surface area is 124 Å². The Balaban J connectivity index is 2.44. The second-order valence-corrected chi connectivity index (χ2v) is 7.13. The summed E-state index contributed by atoms with van der Waals surface area (Å²) in [5.74, 6) is -0.653. The van der Waals surface area contributed by atoms with Gasteiger partial charge in [-0.25, -0.2) is 8.42 Å². The molecule has 1 aliphatic heterocycles. The molecule has 1 aromatic rings. The van der Waals surface area contributed by atoms with Crippen LogP contribution in [0, 0.1) is 13.8 Å². The molecule has 1 aliphatic rings. The number of ether oxygens (including phenoxy) is 1. The number of benzene rings is 1. The number of nitrogens with zero attached hydrogens (tertiary/aromatic N) is 1. The van der Waals surface area contributed by atoms with Crippen molar-refractivity contribution in [2.24, 2.45) is 0 Å². The van der Waals surface area contributed by atoms with E-state index < -0.39 is 28.1 Å². The molecule has 2 rings (SSSR count). The van der Waals surface area contributed by atoms with E-state index in [1.165, 1.54) is 13.2 Å². The predicted molar refractivity (Wildman–Crippen MR) is 76.2 cm³/mol. The van der Waals surface area contributed by atoms with Gasteiger partial charge in [0.2, 0.25) is 10.0 Å². The van der Waals surface area contributed by atoms with E-state index in [-0.39, 0.29) is 17.9 Å². The largest absolute Gasteiger partial charge is 0.468 e. The molecule has 6 nitrogen and oxygen atoms in total. The van der Waals surface area contributed by atoms with Crippen molar-refractivity contribution in [1.82, 2.24) is 4.31 Å². The van der Waals surface area contributed by atoms with Gasteiger partial charge in [0.05, 0.1) is 18.1 Å². The van der Waals surface area contributed by atoms with Crippen LogP contribution in [0.25, 0.3) is 0 Å². The third-order valence-corrected chi connectivity index (χ3v) is 5.66. The zero-order chi connectivity index (χ0) is 15.8. The van der Waals surface area contributed by atoms with Gasteiger partial charge in [0, 0.05) is 13.0 Å². The fourth-order valence-corrected chi connectivity index (χ4v) is 4.45. The minimum absolute atomic E-state index is 0.0524. The van der Waals surface area contributed by atoms with Gasteiger partial charge in [-0.1, -0.05) is 17.7 Å². The highest BCUT2D eigenvalue weighted by atomic mass is 32.2. The van der Waals surface area contributed by atoms with Gasteiger partial charge >= 0.3 is 5.97 Å². The molecule has 2 unspecified atom stereocenters. The van der Waals surface area contributed by atoms with Gasteiger partial charge in [-0.15, -0.1) is 0 Å². The lowest BCUT2D eigenvalue weighted by molar-refractivity contribution is -0.144. The molecular formula is C14H19NO5S. The Morgan fingerprint density at radius 2 is 2.05 bits per heavy atom. The zero-order valence-corrected chi connectivity index (χ0v) is 13.1. The van der Waals surface area contributed by atoms with Crippen molar-refractivity contribution in [2.45, 2.75) is 37.3 Å². The second-order valence-electron chi connectivity index (χ2n) is 5.27. The average Bonchev–Trinajstić information content (AvgIpc) is 2.80. The van der Waals surface area contributed by atoms with Crippen LogP contribution in [-0.4, -0.2) is 49.6 Å². The molecule has 1 fully saturated rings. The van der Waals surface area contributed by atoms with Crippen molar-refractivity contribution in [3.05, 3.63) is 29.3 Å². The van der Waals surface area contributed by atoms with E-state index in [4.69, 9.17) is 0 Å². The first-order valence-corrected chi connectivity index (χ1v) is 8.06. The number of aliphatic hydroxyl groups excluding tert-OH is 1. The van der Waals surface area contributed by atoms with Gasteiger partial charge in [-0.05, 0) is 25.5 Å². The molecule has 0 radical (unpaired) electrons. The average molecular weight is 313 g/mol. The SMILES string of the molecule is COC(=O)C1CC(O)CN1S(=O)(=O)c1ccc(C)cc1C. The summed E-state index contributed by atoms with van der Waals surface area (Å²) in [5, 5.41) is 9.72.